The van der Waals surface area contributed by atoms with Crippen LogP contribution in [0.2, 0.25) is 0 Å². The summed E-state index contributed by atoms with van der Waals surface area (Å²) in [4.78, 5) is 14.4. The Kier molecular flexibility index (Phi) is 4.79. The van der Waals surface area contributed by atoms with Crippen LogP contribution < -0.4 is 5.32 Å². The SMILES string of the molecule is CCNC(=O)c1cc(S(=O)(=O)N2CCN(C)CC2)cs1. The summed E-state index contributed by atoms with van der Waals surface area (Å²) in [7, 11) is -1.50. The lowest BCUT2D eigenvalue weighted by molar-refractivity contribution is 0.0959. The maximum Gasteiger partial charge on any atom is 0.261 e. The van der Waals surface area contributed by atoms with Crippen LogP contribution in [0, 0.1) is 0 Å². The van der Waals surface area contributed by atoms with Crippen LogP contribution in [0.25, 0.3) is 0 Å². The van der Waals surface area contributed by atoms with Gasteiger partial charge < -0.3 is 10.2 Å². The molecule has 0 radical (unpaired) electrons. The molecule has 0 spiro atoms. The first-order chi connectivity index (χ1) is 9.45. The third kappa shape index (κ3) is 3.20. The summed E-state index contributed by atoms with van der Waals surface area (Å²) in [6.07, 6.45) is 0. The Bertz CT molecular complexity index is 575. The standard InChI is InChI=1S/C12H19N3O3S2/c1-3-13-12(16)11-8-10(9-19-11)20(17,18)15-6-4-14(2)5-7-15/h8-9H,3-7H2,1-2H3,(H,13,16). The van der Waals surface area contributed by atoms with E-state index in [1.807, 2.05) is 14.0 Å². The Morgan fingerprint density at radius 3 is 2.60 bits per heavy atom. The van der Waals surface area contributed by atoms with Crippen molar-refractivity contribution in [3.8, 4) is 0 Å². The number of amides is 1. The van der Waals surface area contributed by atoms with Gasteiger partial charge in [-0.1, -0.05) is 0 Å². The molecule has 2 heterocycles. The van der Waals surface area contributed by atoms with Crippen LogP contribution in [0.15, 0.2) is 16.3 Å². The van der Waals surface area contributed by atoms with E-state index in [0.717, 1.165) is 24.4 Å². The normalized spacial score (nSPS) is 18.1. The largest absolute Gasteiger partial charge is 0.352 e. The molecule has 0 unspecified atom stereocenters. The summed E-state index contributed by atoms with van der Waals surface area (Å²) >= 11 is 1.16. The van der Waals surface area contributed by atoms with E-state index in [-0.39, 0.29) is 10.8 Å². The second-order valence-corrected chi connectivity index (χ2v) is 7.56. The summed E-state index contributed by atoms with van der Waals surface area (Å²) < 4.78 is 26.4. The van der Waals surface area contributed by atoms with Gasteiger partial charge in [0.15, 0.2) is 0 Å². The lowest BCUT2D eigenvalue weighted by Gasteiger charge is -2.31. The van der Waals surface area contributed by atoms with Gasteiger partial charge in [0, 0.05) is 38.1 Å². The Morgan fingerprint density at radius 2 is 2.00 bits per heavy atom. The molecule has 112 valence electrons. The van der Waals surface area contributed by atoms with E-state index >= 15 is 0 Å². The predicted molar refractivity (Wildman–Crippen MR) is 78.6 cm³/mol. The van der Waals surface area contributed by atoms with Crippen LogP contribution in [-0.2, 0) is 10.0 Å². The van der Waals surface area contributed by atoms with E-state index < -0.39 is 10.0 Å². The number of hydrogen-bond donors (Lipinski definition) is 1. The molecule has 0 bridgehead atoms. The highest BCUT2D eigenvalue weighted by atomic mass is 32.2. The molecule has 1 fully saturated rings. The number of nitrogens with zero attached hydrogens (tertiary/aromatic N) is 2. The molecule has 0 aromatic carbocycles. The van der Waals surface area contributed by atoms with E-state index in [2.05, 4.69) is 10.2 Å². The fourth-order valence-corrected chi connectivity index (χ4v) is 4.60. The lowest BCUT2D eigenvalue weighted by Crippen LogP contribution is -2.46. The van der Waals surface area contributed by atoms with Crippen LogP contribution in [0.4, 0.5) is 0 Å². The molecule has 1 amide bonds. The van der Waals surface area contributed by atoms with Gasteiger partial charge in [0.25, 0.3) is 5.91 Å². The summed E-state index contributed by atoms with van der Waals surface area (Å²) in [5.41, 5.74) is 0. The third-order valence-corrected chi connectivity index (χ3v) is 6.19. The molecule has 0 saturated carbocycles. The maximum atomic E-state index is 12.5. The van der Waals surface area contributed by atoms with Crippen molar-refractivity contribution in [2.75, 3.05) is 39.8 Å². The van der Waals surface area contributed by atoms with Gasteiger partial charge in [-0.2, -0.15) is 4.31 Å². The number of nitrogens with one attached hydrogen (secondary N) is 1. The van der Waals surface area contributed by atoms with Gasteiger partial charge in [0.2, 0.25) is 10.0 Å². The topological polar surface area (TPSA) is 69.7 Å². The van der Waals surface area contributed by atoms with Gasteiger partial charge >= 0.3 is 0 Å². The molecule has 1 aliphatic rings. The maximum absolute atomic E-state index is 12.5. The molecule has 20 heavy (non-hydrogen) atoms. The Morgan fingerprint density at radius 1 is 1.35 bits per heavy atom. The molecule has 1 saturated heterocycles. The van der Waals surface area contributed by atoms with Gasteiger partial charge in [-0.05, 0) is 20.0 Å². The summed E-state index contributed by atoms with van der Waals surface area (Å²) in [6.45, 7) is 4.79. The summed E-state index contributed by atoms with van der Waals surface area (Å²) in [5, 5.41) is 4.21. The number of thiophene rings is 1. The highest BCUT2D eigenvalue weighted by molar-refractivity contribution is 7.89. The molecular formula is C12H19N3O3S2. The van der Waals surface area contributed by atoms with Crippen molar-refractivity contribution < 1.29 is 13.2 Å². The van der Waals surface area contributed by atoms with Crippen molar-refractivity contribution in [2.24, 2.45) is 0 Å². The second-order valence-electron chi connectivity index (χ2n) is 4.71. The lowest BCUT2D eigenvalue weighted by atomic mass is 10.4. The predicted octanol–water partition coefficient (Wildman–Crippen LogP) is 0.434. The number of carbonyl (C=O) groups excluding carboxylic acids is 1. The smallest absolute Gasteiger partial charge is 0.261 e. The van der Waals surface area contributed by atoms with Crippen LogP contribution in [0.1, 0.15) is 16.6 Å². The van der Waals surface area contributed by atoms with Crippen molar-refractivity contribution in [3.05, 3.63) is 16.3 Å². The van der Waals surface area contributed by atoms with Gasteiger partial charge in [-0.25, -0.2) is 8.42 Å². The molecule has 1 aromatic rings. The molecule has 6 nitrogen and oxygen atoms in total. The zero-order valence-electron chi connectivity index (χ0n) is 11.6. The van der Waals surface area contributed by atoms with Crippen LogP contribution in [0.3, 0.4) is 0 Å². The first-order valence-corrected chi connectivity index (χ1v) is 8.82. The van der Waals surface area contributed by atoms with E-state index in [1.54, 1.807) is 0 Å². The second kappa shape index (κ2) is 6.21. The minimum absolute atomic E-state index is 0.216. The molecular weight excluding hydrogens is 298 g/mol. The Labute approximate surface area is 123 Å². The zero-order valence-corrected chi connectivity index (χ0v) is 13.3. The van der Waals surface area contributed by atoms with E-state index in [4.69, 9.17) is 0 Å². The Hall–Kier alpha value is -0.960. The zero-order chi connectivity index (χ0) is 14.8. The van der Waals surface area contributed by atoms with E-state index in [0.29, 0.717) is 24.5 Å². The van der Waals surface area contributed by atoms with Crippen LogP contribution in [0.5, 0.6) is 0 Å². The summed E-state index contributed by atoms with van der Waals surface area (Å²) in [5.74, 6) is -0.225. The monoisotopic (exact) mass is 317 g/mol. The number of carbonyl (C=O) groups is 1. The third-order valence-electron chi connectivity index (χ3n) is 3.24. The van der Waals surface area contributed by atoms with Gasteiger partial charge in [-0.15, -0.1) is 11.3 Å². The first kappa shape index (κ1) is 15.4. The van der Waals surface area contributed by atoms with Crippen LogP contribution in [-0.4, -0.2) is 63.3 Å². The van der Waals surface area contributed by atoms with Crippen molar-refractivity contribution >= 4 is 27.3 Å². The minimum atomic E-state index is -3.48. The first-order valence-electron chi connectivity index (χ1n) is 6.50. The van der Waals surface area contributed by atoms with Crippen molar-refractivity contribution in [1.82, 2.24) is 14.5 Å². The fraction of sp³-hybridized carbons (Fsp3) is 0.583. The molecule has 2 rings (SSSR count). The van der Waals surface area contributed by atoms with Crippen molar-refractivity contribution in [3.63, 3.8) is 0 Å². The van der Waals surface area contributed by atoms with E-state index in [1.165, 1.54) is 15.8 Å². The number of piperazine rings is 1. The van der Waals surface area contributed by atoms with Gasteiger partial charge in [0.05, 0.1) is 9.77 Å². The van der Waals surface area contributed by atoms with Gasteiger partial charge in [0.1, 0.15) is 0 Å². The quantitative estimate of drug-likeness (QED) is 0.874. The number of likely N-dealkylation sites (N-methyl/N-ethyl adjacent to an activating group) is 1. The van der Waals surface area contributed by atoms with Crippen molar-refractivity contribution in [2.45, 2.75) is 11.8 Å². The van der Waals surface area contributed by atoms with Crippen LogP contribution >= 0.6 is 11.3 Å². The average Bonchev–Trinajstić information content (AvgIpc) is 2.90. The highest BCUT2D eigenvalue weighted by Gasteiger charge is 2.28. The number of sulfonamides is 1. The minimum Gasteiger partial charge on any atom is -0.352 e. The molecule has 1 aromatic heterocycles. The van der Waals surface area contributed by atoms with E-state index in [9.17, 15) is 13.2 Å². The van der Waals surface area contributed by atoms with Gasteiger partial charge in [-0.3, -0.25) is 4.79 Å². The molecule has 1 N–H and O–H groups in total. The Balaban J connectivity index is 2.16. The molecule has 0 aliphatic carbocycles. The molecule has 1 aliphatic heterocycles. The number of rotatable bonds is 4. The highest BCUT2D eigenvalue weighted by Crippen LogP contribution is 2.23. The molecule has 8 heteroatoms. The molecule has 0 atom stereocenters. The average molecular weight is 317 g/mol. The fourth-order valence-electron chi connectivity index (χ4n) is 2.00. The van der Waals surface area contributed by atoms with Crippen molar-refractivity contribution in [1.29, 1.82) is 0 Å². The summed E-state index contributed by atoms with van der Waals surface area (Å²) in [6, 6.07) is 1.46. The number of hydrogen-bond acceptors (Lipinski definition) is 5.